The molecule has 0 amide bonds. The number of nitrogens with zero attached hydrogens (tertiary/aromatic N) is 2. The van der Waals surface area contributed by atoms with Crippen LogP contribution in [0, 0.1) is 0 Å². The largest absolute Gasteiger partial charge is 0.376 e. The minimum Gasteiger partial charge on any atom is -0.376 e. The predicted molar refractivity (Wildman–Crippen MR) is 176 cm³/mol. The second kappa shape index (κ2) is 21.0. The van der Waals surface area contributed by atoms with Crippen molar-refractivity contribution in [2.45, 2.75) is 13.8 Å². The first kappa shape index (κ1) is 33.9. The van der Waals surface area contributed by atoms with E-state index in [0.29, 0.717) is 24.4 Å². The Morgan fingerprint density at radius 1 is 0.737 bits per heavy atom. The van der Waals surface area contributed by atoms with E-state index in [-0.39, 0.29) is 10.2 Å². The molecule has 0 heterocycles. The average molecular weight is 547 g/mol. The van der Waals surface area contributed by atoms with Crippen molar-refractivity contribution >= 4 is 46.1 Å². The van der Waals surface area contributed by atoms with Gasteiger partial charge in [-0.15, -0.1) is 0 Å². The monoisotopic (exact) mass is 546 g/mol. The third-order valence-corrected chi connectivity index (χ3v) is 4.69. The second-order valence-electron chi connectivity index (χ2n) is 7.21. The van der Waals surface area contributed by atoms with Crippen LogP contribution in [0.5, 0.6) is 0 Å². The van der Waals surface area contributed by atoms with E-state index in [4.69, 9.17) is 40.9 Å². The van der Waals surface area contributed by atoms with E-state index in [0.717, 1.165) is 22.4 Å². The minimum atomic E-state index is 0.0315. The Morgan fingerprint density at radius 2 is 1.37 bits per heavy atom. The van der Waals surface area contributed by atoms with Crippen LogP contribution in [0.3, 0.4) is 0 Å². The van der Waals surface area contributed by atoms with Crippen LogP contribution in [0.1, 0.15) is 13.8 Å². The number of hydrogen-bond acceptors (Lipinski definition) is 4. The smallest absolute Gasteiger partial charge is 0.184 e. The van der Waals surface area contributed by atoms with E-state index >= 15 is 0 Å². The number of rotatable bonds is 16. The maximum absolute atomic E-state index is 5.63. The van der Waals surface area contributed by atoms with E-state index in [1.165, 1.54) is 0 Å². The molecule has 0 aromatic rings. The zero-order chi connectivity index (χ0) is 28.8. The van der Waals surface area contributed by atoms with E-state index < -0.39 is 0 Å². The number of aliphatic imine (C=N–C) groups is 1. The lowest BCUT2D eigenvalue weighted by Crippen LogP contribution is -2.31. The van der Waals surface area contributed by atoms with Crippen molar-refractivity contribution in [2.75, 3.05) is 13.1 Å². The Kier molecular flexibility index (Phi) is 18.7. The first-order valence-corrected chi connectivity index (χ1v) is 12.6. The van der Waals surface area contributed by atoms with Crippen molar-refractivity contribution < 1.29 is 0 Å². The first-order valence-electron chi connectivity index (χ1n) is 11.8. The predicted octanol–water partition coefficient (Wildman–Crippen LogP) is 5.61. The van der Waals surface area contributed by atoms with E-state index in [2.05, 4.69) is 42.2 Å². The Labute approximate surface area is 238 Å². The van der Waals surface area contributed by atoms with Crippen molar-refractivity contribution in [1.29, 1.82) is 0 Å². The van der Waals surface area contributed by atoms with Crippen LogP contribution in [-0.2, 0) is 0 Å². The van der Waals surface area contributed by atoms with Crippen LogP contribution in [-0.4, -0.2) is 34.7 Å². The summed E-state index contributed by atoms with van der Waals surface area (Å²) in [6, 6.07) is 0. The van der Waals surface area contributed by atoms with Crippen molar-refractivity contribution in [2.24, 2.45) is 21.6 Å². The van der Waals surface area contributed by atoms with Crippen molar-refractivity contribution in [3.05, 3.63) is 134 Å². The lowest BCUT2D eigenvalue weighted by Gasteiger charge is -2.11. The van der Waals surface area contributed by atoms with Gasteiger partial charge in [-0.3, -0.25) is 10.4 Å². The minimum absolute atomic E-state index is 0.0315. The third kappa shape index (κ3) is 13.8. The number of hydrazone groups is 1. The summed E-state index contributed by atoms with van der Waals surface area (Å²) in [4.78, 5) is 4.82. The molecule has 0 aliphatic carbocycles. The molecule has 0 fully saturated rings. The Morgan fingerprint density at radius 3 is 1.87 bits per heavy atom. The van der Waals surface area contributed by atoms with Crippen LogP contribution in [0.25, 0.3) is 0 Å². The van der Waals surface area contributed by atoms with E-state index in [1.807, 2.05) is 62.5 Å². The van der Waals surface area contributed by atoms with Crippen molar-refractivity contribution in [1.82, 2.24) is 10.7 Å². The summed E-state index contributed by atoms with van der Waals surface area (Å²) >= 11 is 9.85. The molecule has 0 bridgehead atoms. The fourth-order valence-corrected chi connectivity index (χ4v) is 3.02. The molecule has 0 aliphatic heterocycles. The van der Waals surface area contributed by atoms with Gasteiger partial charge < -0.3 is 16.8 Å². The van der Waals surface area contributed by atoms with Gasteiger partial charge in [0.1, 0.15) is 0 Å². The molecular weight excluding hydrogens is 509 g/mol. The van der Waals surface area contributed by atoms with E-state index in [1.54, 1.807) is 36.5 Å². The molecule has 0 rings (SSSR count). The third-order valence-electron chi connectivity index (χ3n) is 4.46. The SMILES string of the molecule is C=C\C=C/C(=C\C=C)C(=N\NC(N)=S)/C(C=C)=C/C=C(\C=C)C(=NCCNC(N)=S)C(/C=C\C)=C\C=C/C. The van der Waals surface area contributed by atoms with Gasteiger partial charge in [0.25, 0.3) is 0 Å². The number of nitrogens with two attached hydrogens (primary N) is 2. The molecule has 6 nitrogen and oxygen atoms in total. The molecule has 0 saturated heterocycles. The summed E-state index contributed by atoms with van der Waals surface area (Å²) in [6.45, 7) is 20.4. The molecule has 0 aromatic carbocycles. The highest BCUT2D eigenvalue weighted by Gasteiger charge is 2.11. The fourth-order valence-electron chi connectivity index (χ4n) is 2.87. The van der Waals surface area contributed by atoms with Crippen LogP contribution in [0.2, 0.25) is 0 Å². The Hall–Kier alpha value is -4.14. The van der Waals surface area contributed by atoms with Gasteiger partial charge in [0.05, 0.1) is 18.0 Å². The van der Waals surface area contributed by atoms with Crippen molar-refractivity contribution in [3.63, 3.8) is 0 Å². The summed E-state index contributed by atoms with van der Waals surface area (Å²) in [7, 11) is 0. The quantitative estimate of drug-likeness (QED) is 0.0660. The highest BCUT2D eigenvalue weighted by Crippen LogP contribution is 2.16. The molecule has 8 heteroatoms. The maximum atomic E-state index is 5.63. The van der Waals surface area contributed by atoms with Gasteiger partial charge in [-0.1, -0.05) is 111 Å². The second-order valence-corrected chi connectivity index (χ2v) is 8.09. The molecule has 0 unspecified atom stereocenters. The van der Waals surface area contributed by atoms with Gasteiger partial charge in [0.15, 0.2) is 10.2 Å². The zero-order valence-electron chi connectivity index (χ0n) is 22.2. The Balaban J connectivity index is 7.00. The lowest BCUT2D eigenvalue weighted by molar-refractivity contribution is 0.880. The summed E-state index contributed by atoms with van der Waals surface area (Å²) in [5.74, 6) is 0. The standard InChI is InChI=1S/C30H38N6S2/c1-7-13-17-25(15-9-3)27(33-21-22-34-29(31)37)23(11-5)19-20-24(12-6)28(35-36-30(32)38)26(16-10-4)18-14-8-2/h7-20H,2,4-6,21-22H2,1,3H3,(H3,31,34,37)(H3,32,36,38)/b13-7-,15-9-,18-14-,23-19+,24-20+,25-17-,26-16+,33-27?,35-28-. The summed E-state index contributed by atoms with van der Waals surface area (Å²) < 4.78 is 0. The molecule has 200 valence electrons. The normalized spacial score (nSPS) is 14.2. The van der Waals surface area contributed by atoms with Crippen molar-refractivity contribution in [3.8, 4) is 0 Å². The number of allylic oxidation sites excluding steroid dienone is 18. The summed E-state index contributed by atoms with van der Waals surface area (Å²) in [5, 5.41) is 7.58. The molecule has 0 atom stereocenters. The zero-order valence-corrected chi connectivity index (χ0v) is 23.8. The fraction of sp³-hybridized carbons (Fsp3) is 0.133. The number of hydrogen-bond donors (Lipinski definition) is 4. The molecule has 0 spiro atoms. The molecule has 38 heavy (non-hydrogen) atoms. The van der Waals surface area contributed by atoms with Gasteiger partial charge >= 0.3 is 0 Å². The topological polar surface area (TPSA) is 101 Å². The maximum Gasteiger partial charge on any atom is 0.184 e. The molecule has 0 radical (unpaired) electrons. The van der Waals surface area contributed by atoms with Crippen LogP contribution < -0.4 is 22.2 Å². The molecule has 0 saturated carbocycles. The van der Waals surface area contributed by atoms with Gasteiger partial charge in [0.2, 0.25) is 0 Å². The summed E-state index contributed by atoms with van der Waals surface area (Å²) in [5.41, 5.74) is 18.3. The van der Waals surface area contributed by atoms with E-state index in [9.17, 15) is 0 Å². The van der Waals surface area contributed by atoms with Gasteiger partial charge in [-0.05, 0) is 49.4 Å². The number of nitrogens with one attached hydrogen (secondary N) is 2. The molecule has 0 aliphatic rings. The van der Waals surface area contributed by atoms with Crippen LogP contribution in [0.15, 0.2) is 144 Å². The lowest BCUT2D eigenvalue weighted by atomic mass is 9.97. The first-order chi connectivity index (χ1) is 18.3. The van der Waals surface area contributed by atoms with Crippen LogP contribution in [0.4, 0.5) is 0 Å². The summed E-state index contributed by atoms with van der Waals surface area (Å²) in [6.07, 6.45) is 25.8. The number of thiocarbonyl (C=S) groups is 2. The van der Waals surface area contributed by atoms with Gasteiger partial charge in [-0.25, -0.2) is 0 Å². The van der Waals surface area contributed by atoms with Gasteiger partial charge in [0, 0.05) is 17.7 Å². The average Bonchev–Trinajstić information content (AvgIpc) is 2.89. The molecule has 6 N–H and O–H groups in total. The van der Waals surface area contributed by atoms with Crippen LogP contribution >= 0.6 is 24.4 Å². The Bertz CT molecular complexity index is 1160. The highest BCUT2D eigenvalue weighted by atomic mass is 32.1. The molecule has 0 aromatic heterocycles. The molecular formula is C30H38N6S2. The van der Waals surface area contributed by atoms with Gasteiger partial charge in [-0.2, -0.15) is 5.10 Å². The highest BCUT2D eigenvalue weighted by molar-refractivity contribution is 7.80.